The second-order valence-electron chi connectivity index (χ2n) is 5.67. The second-order valence-corrected chi connectivity index (χ2v) is 7.20. The predicted molar refractivity (Wildman–Crippen MR) is 91.1 cm³/mol. The van der Waals surface area contributed by atoms with E-state index in [0.717, 1.165) is 6.07 Å². The summed E-state index contributed by atoms with van der Waals surface area (Å²) < 4.78 is 64.8. The Morgan fingerprint density at radius 1 is 0.923 bits per heavy atom. The van der Waals surface area contributed by atoms with Gasteiger partial charge in [0.05, 0.1) is 5.69 Å². The third-order valence-corrected chi connectivity index (χ3v) is 4.79. The zero-order valence-electron chi connectivity index (χ0n) is 13.5. The Morgan fingerprint density at radius 3 is 2.31 bits per heavy atom. The maximum atomic E-state index is 14.5. The van der Waals surface area contributed by atoms with Crippen molar-refractivity contribution in [3.8, 4) is 22.4 Å². The molecule has 0 unspecified atom stereocenters. The lowest BCUT2D eigenvalue weighted by Crippen LogP contribution is -2.14. The first kappa shape index (κ1) is 18.1. The van der Waals surface area contributed by atoms with Gasteiger partial charge < -0.3 is 0 Å². The summed E-state index contributed by atoms with van der Waals surface area (Å²) in [5, 5.41) is 4.88. The van der Waals surface area contributed by atoms with Gasteiger partial charge in [0.15, 0.2) is 0 Å². The number of pyridine rings is 1. The number of halogens is 3. The van der Waals surface area contributed by atoms with E-state index in [1.165, 1.54) is 18.3 Å². The molecular weight excluding hydrogens is 365 g/mol. The summed E-state index contributed by atoms with van der Waals surface area (Å²) in [6, 6.07) is 8.80. The molecule has 0 saturated heterocycles. The first-order valence-corrected chi connectivity index (χ1v) is 8.97. The average Bonchev–Trinajstić information content (AvgIpc) is 2.58. The molecule has 0 aliphatic carbocycles. The molecule has 8 heteroatoms. The Labute approximate surface area is 148 Å². The fourth-order valence-electron chi connectivity index (χ4n) is 2.59. The lowest BCUT2D eigenvalue weighted by Gasteiger charge is -2.12. The highest BCUT2D eigenvalue weighted by molar-refractivity contribution is 7.89. The van der Waals surface area contributed by atoms with E-state index in [4.69, 9.17) is 5.14 Å². The van der Waals surface area contributed by atoms with E-state index >= 15 is 0 Å². The molecule has 134 valence electrons. The standard InChI is InChI=1S/C18H13F3N2O2S/c1-10-7-11(4-5-14(10)19)12-3-2-6-23-18(12)13-8-16(21)17(9-15(13)20)26(22,24)25/h2-9H,1H3,(H2,22,24,25). The molecule has 0 amide bonds. The van der Waals surface area contributed by atoms with Gasteiger partial charge in [-0.1, -0.05) is 12.1 Å². The second kappa shape index (κ2) is 6.54. The van der Waals surface area contributed by atoms with E-state index in [1.807, 2.05) is 0 Å². The monoisotopic (exact) mass is 378 g/mol. The van der Waals surface area contributed by atoms with Gasteiger partial charge in [-0.2, -0.15) is 0 Å². The molecule has 26 heavy (non-hydrogen) atoms. The summed E-state index contributed by atoms with van der Waals surface area (Å²) in [5.41, 5.74) is 1.25. The molecule has 0 saturated carbocycles. The number of rotatable bonds is 3. The Morgan fingerprint density at radius 2 is 1.65 bits per heavy atom. The number of nitrogens with two attached hydrogens (primary N) is 1. The van der Waals surface area contributed by atoms with Gasteiger partial charge in [0.1, 0.15) is 22.3 Å². The highest BCUT2D eigenvalue weighted by atomic mass is 32.2. The molecule has 0 radical (unpaired) electrons. The van der Waals surface area contributed by atoms with Crippen LogP contribution >= 0.6 is 0 Å². The molecule has 0 bridgehead atoms. The van der Waals surface area contributed by atoms with Crippen molar-refractivity contribution >= 4 is 10.0 Å². The Hall–Kier alpha value is -2.71. The maximum Gasteiger partial charge on any atom is 0.241 e. The summed E-state index contributed by atoms with van der Waals surface area (Å²) in [5.74, 6) is -2.57. The summed E-state index contributed by atoms with van der Waals surface area (Å²) in [4.78, 5) is 3.15. The van der Waals surface area contributed by atoms with Gasteiger partial charge in [-0.05, 0) is 48.4 Å². The highest BCUT2D eigenvalue weighted by Crippen LogP contribution is 2.34. The van der Waals surface area contributed by atoms with Crippen LogP contribution in [0.15, 0.2) is 53.6 Å². The van der Waals surface area contributed by atoms with Crippen LogP contribution in [0.2, 0.25) is 0 Å². The number of hydrogen-bond acceptors (Lipinski definition) is 3. The van der Waals surface area contributed by atoms with E-state index in [0.29, 0.717) is 22.8 Å². The predicted octanol–water partition coefficient (Wildman–Crippen LogP) is 3.79. The summed E-state index contributed by atoms with van der Waals surface area (Å²) in [6.45, 7) is 1.58. The van der Waals surface area contributed by atoms with Crippen LogP contribution in [-0.2, 0) is 10.0 Å². The van der Waals surface area contributed by atoms with Crippen molar-refractivity contribution in [3.63, 3.8) is 0 Å². The maximum absolute atomic E-state index is 14.5. The fourth-order valence-corrected chi connectivity index (χ4v) is 3.19. The Balaban J connectivity index is 2.23. The Kier molecular flexibility index (Phi) is 4.55. The molecule has 1 aromatic heterocycles. The van der Waals surface area contributed by atoms with E-state index < -0.39 is 32.4 Å². The van der Waals surface area contributed by atoms with Gasteiger partial charge >= 0.3 is 0 Å². The first-order chi connectivity index (χ1) is 12.2. The van der Waals surface area contributed by atoms with Gasteiger partial charge in [-0.3, -0.25) is 4.98 Å². The van der Waals surface area contributed by atoms with Gasteiger partial charge in [-0.15, -0.1) is 0 Å². The van der Waals surface area contributed by atoms with Crippen LogP contribution in [0.1, 0.15) is 5.56 Å². The summed E-state index contributed by atoms with van der Waals surface area (Å²) in [7, 11) is -4.40. The van der Waals surface area contributed by atoms with E-state index in [-0.39, 0.29) is 11.3 Å². The first-order valence-electron chi connectivity index (χ1n) is 7.42. The minimum absolute atomic E-state index is 0.0934. The number of primary sulfonamides is 1. The largest absolute Gasteiger partial charge is 0.255 e. The third kappa shape index (κ3) is 3.33. The molecule has 4 nitrogen and oxygen atoms in total. The van der Waals surface area contributed by atoms with Crippen molar-refractivity contribution in [3.05, 3.63) is 71.7 Å². The van der Waals surface area contributed by atoms with E-state index in [2.05, 4.69) is 4.98 Å². The van der Waals surface area contributed by atoms with Crippen molar-refractivity contribution in [2.45, 2.75) is 11.8 Å². The molecule has 1 heterocycles. The average molecular weight is 378 g/mol. The quantitative estimate of drug-likeness (QED) is 0.754. The number of hydrogen-bond donors (Lipinski definition) is 1. The van der Waals surface area contributed by atoms with Crippen LogP contribution in [0.4, 0.5) is 13.2 Å². The normalized spacial score (nSPS) is 11.6. The molecule has 3 rings (SSSR count). The van der Waals surface area contributed by atoms with E-state index in [9.17, 15) is 21.6 Å². The molecule has 3 aromatic rings. The van der Waals surface area contributed by atoms with E-state index in [1.54, 1.807) is 25.1 Å². The van der Waals surface area contributed by atoms with Crippen LogP contribution in [0.3, 0.4) is 0 Å². The molecule has 0 aliphatic rings. The highest BCUT2D eigenvalue weighted by Gasteiger charge is 2.21. The smallest absolute Gasteiger partial charge is 0.241 e. The number of benzene rings is 2. The topological polar surface area (TPSA) is 73.0 Å². The number of nitrogens with zero attached hydrogens (tertiary/aromatic N) is 1. The third-order valence-electron chi connectivity index (χ3n) is 3.86. The molecule has 0 fully saturated rings. The van der Waals surface area contributed by atoms with Gasteiger partial charge in [0.25, 0.3) is 0 Å². The zero-order chi connectivity index (χ0) is 19.1. The fraction of sp³-hybridized carbons (Fsp3) is 0.0556. The molecular formula is C18H13F3N2O2S. The molecule has 0 aliphatic heterocycles. The molecule has 0 spiro atoms. The van der Waals surface area contributed by atoms with Crippen molar-refractivity contribution in [2.24, 2.45) is 5.14 Å². The minimum Gasteiger partial charge on any atom is -0.255 e. The molecule has 0 atom stereocenters. The lowest BCUT2D eigenvalue weighted by molar-refractivity contribution is 0.555. The van der Waals surface area contributed by atoms with Crippen LogP contribution in [0, 0.1) is 24.4 Å². The lowest BCUT2D eigenvalue weighted by atomic mass is 9.97. The number of sulfonamides is 1. The van der Waals surface area contributed by atoms with Gasteiger partial charge in [-0.25, -0.2) is 26.7 Å². The Bertz CT molecular complexity index is 1120. The molecule has 2 aromatic carbocycles. The van der Waals surface area contributed by atoms with Crippen molar-refractivity contribution in [1.29, 1.82) is 0 Å². The van der Waals surface area contributed by atoms with Gasteiger partial charge in [0, 0.05) is 17.3 Å². The summed E-state index contributed by atoms with van der Waals surface area (Å²) >= 11 is 0. The van der Waals surface area contributed by atoms with Crippen LogP contribution in [0.5, 0.6) is 0 Å². The number of aryl methyl sites for hydroxylation is 1. The van der Waals surface area contributed by atoms with Crippen LogP contribution < -0.4 is 5.14 Å². The molecule has 2 N–H and O–H groups in total. The van der Waals surface area contributed by atoms with Crippen molar-refractivity contribution < 1.29 is 21.6 Å². The summed E-state index contributed by atoms with van der Waals surface area (Å²) in [6.07, 6.45) is 1.39. The minimum atomic E-state index is -4.40. The van der Waals surface area contributed by atoms with Crippen molar-refractivity contribution in [2.75, 3.05) is 0 Å². The van der Waals surface area contributed by atoms with Crippen LogP contribution in [-0.4, -0.2) is 13.4 Å². The van der Waals surface area contributed by atoms with Crippen LogP contribution in [0.25, 0.3) is 22.4 Å². The van der Waals surface area contributed by atoms with Crippen molar-refractivity contribution in [1.82, 2.24) is 4.98 Å². The van der Waals surface area contributed by atoms with Gasteiger partial charge in [0.2, 0.25) is 10.0 Å². The number of aromatic nitrogens is 1. The SMILES string of the molecule is Cc1cc(-c2cccnc2-c2cc(F)c(S(N)(=O)=O)cc2F)ccc1F. The zero-order valence-corrected chi connectivity index (χ0v) is 14.3.